The van der Waals surface area contributed by atoms with E-state index in [1.54, 1.807) is 12.1 Å². The van der Waals surface area contributed by atoms with E-state index in [-0.39, 0.29) is 5.69 Å². The zero-order chi connectivity index (χ0) is 13.0. The third-order valence-corrected chi connectivity index (χ3v) is 2.82. The second-order valence-electron chi connectivity index (χ2n) is 4.15. The summed E-state index contributed by atoms with van der Waals surface area (Å²) in [5.41, 5.74) is 0.973. The standard InChI is InChI=1S/C12H13N3O3/c13-7-12-9-14(4-5-18-12)8-10-2-1-3-11(6-10)15(16)17/h1-3,6,12H,4-5,8-9H2. The van der Waals surface area contributed by atoms with Crippen LogP contribution in [-0.4, -0.2) is 35.6 Å². The molecule has 1 aliphatic heterocycles. The van der Waals surface area contributed by atoms with Gasteiger partial charge in [-0.2, -0.15) is 5.26 Å². The molecule has 2 rings (SSSR count). The molecule has 1 saturated heterocycles. The number of non-ortho nitro benzene ring substituents is 1. The molecule has 0 radical (unpaired) electrons. The quantitative estimate of drug-likeness (QED) is 0.594. The fourth-order valence-electron chi connectivity index (χ4n) is 1.95. The van der Waals surface area contributed by atoms with Gasteiger partial charge in [0.15, 0.2) is 6.10 Å². The van der Waals surface area contributed by atoms with Crippen LogP contribution >= 0.6 is 0 Å². The molecule has 1 unspecified atom stereocenters. The first-order chi connectivity index (χ1) is 8.69. The highest BCUT2D eigenvalue weighted by molar-refractivity contribution is 5.34. The molecule has 1 fully saturated rings. The topological polar surface area (TPSA) is 79.4 Å². The van der Waals surface area contributed by atoms with Crippen LogP contribution in [0.25, 0.3) is 0 Å². The molecule has 0 amide bonds. The lowest BCUT2D eigenvalue weighted by molar-refractivity contribution is -0.384. The molecule has 0 saturated carbocycles. The van der Waals surface area contributed by atoms with Crippen LogP contribution in [0.3, 0.4) is 0 Å². The molecule has 18 heavy (non-hydrogen) atoms. The molecule has 0 aliphatic carbocycles. The van der Waals surface area contributed by atoms with Crippen LogP contribution in [0.2, 0.25) is 0 Å². The Morgan fingerprint density at radius 1 is 1.61 bits per heavy atom. The number of morpholine rings is 1. The van der Waals surface area contributed by atoms with Gasteiger partial charge < -0.3 is 4.74 Å². The van der Waals surface area contributed by atoms with E-state index in [1.165, 1.54) is 6.07 Å². The highest BCUT2D eigenvalue weighted by Gasteiger charge is 2.20. The van der Waals surface area contributed by atoms with Gasteiger partial charge in [-0.1, -0.05) is 12.1 Å². The van der Waals surface area contributed by atoms with Crippen molar-refractivity contribution in [2.45, 2.75) is 12.6 Å². The largest absolute Gasteiger partial charge is 0.361 e. The van der Waals surface area contributed by atoms with Crippen LogP contribution in [0, 0.1) is 21.4 Å². The van der Waals surface area contributed by atoms with E-state index in [9.17, 15) is 10.1 Å². The highest BCUT2D eigenvalue weighted by Crippen LogP contribution is 2.16. The summed E-state index contributed by atoms with van der Waals surface area (Å²) < 4.78 is 5.25. The maximum absolute atomic E-state index is 10.7. The lowest BCUT2D eigenvalue weighted by Gasteiger charge is -2.29. The number of hydrogen-bond donors (Lipinski definition) is 0. The van der Waals surface area contributed by atoms with Gasteiger partial charge in [0.25, 0.3) is 5.69 Å². The Morgan fingerprint density at radius 3 is 3.17 bits per heavy atom. The van der Waals surface area contributed by atoms with Gasteiger partial charge >= 0.3 is 0 Å². The first-order valence-corrected chi connectivity index (χ1v) is 5.66. The van der Waals surface area contributed by atoms with Crippen molar-refractivity contribution in [3.05, 3.63) is 39.9 Å². The number of hydrogen-bond acceptors (Lipinski definition) is 5. The van der Waals surface area contributed by atoms with E-state index >= 15 is 0 Å². The van der Waals surface area contributed by atoms with Crippen LogP contribution in [-0.2, 0) is 11.3 Å². The van der Waals surface area contributed by atoms with Gasteiger partial charge in [-0.3, -0.25) is 15.0 Å². The van der Waals surface area contributed by atoms with E-state index in [2.05, 4.69) is 11.0 Å². The summed E-state index contributed by atoms with van der Waals surface area (Å²) in [6.45, 7) is 2.40. The summed E-state index contributed by atoms with van der Waals surface area (Å²) >= 11 is 0. The van der Waals surface area contributed by atoms with Crippen molar-refractivity contribution in [1.29, 1.82) is 5.26 Å². The van der Waals surface area contributed by atoms with Crippen molar-refractivity contribution in [2.24, 2.45) is 0 Å². The molecule has 0 spiro atoms. The second kappa shape index (κ2) is 5.58. The van der Waals surface area contributed by atoms with Gasteiger partial charge in [0.2, 0.25) is 0 Å². The van der Waals surface area contributed by atoms with Crippen molar-refractivity contribution < 1.29 is 9.66 Å². The lowest BCUT2D eigenvalue weighted by Crippen LogP contribution is -2.41. The number of nitriles is 1. The minimum atomic E-state index is -0.405. The number of rotatable bonds is 3. The van der Waals surface area contributed by atoms with Crippen molar-refractivity contribution in [2.75, 3.05) is 19.7 Å². The summed E-state index contributed by atoms with van der Waals surface area (Å²) in [5, 5.41) is 19.5. The predicted molar refractivity (Wildman–Crippen MR) is 63.7 cm³/mol. The average Bonchev–Trinajstić information content (AvgIpc) is 2.39. The summed E-state index contributed by atoms with van der Waals surface area (Å²) in [6.07, 6.45) is -0.405. The molecule has 1 aromatic rings. The third kappa shape index (κ3) is 3.03. The van der Waals surface area contributed by atoms with Gasteiger partial charge in [0.1, 0.15) is 0 Å². The summed E-state index contributed by atoms with van der Waals surface area (Å²) in [7, 11) is 0. The van der Waals surface area contributed by atoms with Crippen LogP contribution < -0.4 is 0 Å². The number of nitro benzene ring substituents is 1. The molecule has 0 bridgehead atoms. The maximum atomic E-state index is 10.7. The van der Waals surface area contributed by atoms with Crippen LogP contribution in [0.1, 0.15) is 5.56 Å². The fraction of sp³-hybridized carbons (Fsp3) is 0.417. The highest BCUT2D eigenvalue weighted by atomic mass is 16.6. The first-order valence-electron chi connectivity index (χ1n) is 5.66. The van der Waals surface area contributed by atoms with Crippen LogP contribution in [0.15, 0.2) is 24.3 Å². The molecule has 1 atom stereocenters. The fourth-order valence-corrected chi connectivity index (χ4v) is 1.95. The molecule has 6 nitrogen and oxygen atoms in total. The molecule has 0 N–H and O–H groups in total. The zero-order valence-electron chi connectivity index (χ0n) is 9.78. The van der Waals surface area contributed by atoms with Gasteiger partial charge in [-0.15, -0.1) is 0 Å². The second-order valence-corrected chi connectivity index (χ2v) is 4.15. The molecule has 6 heteroatoms. The Labute approximate surface area is 105 Å². The molecular weight excluding hydrogens is 234 g/mol. The van der Waals surface area contributed by atoms with E-state index in [1.807, 2.05) is 6.07 Å². The smallest absolute Gasteiger partial charge is 0.269 e. The number of ether oxygens (including phenoxy) is 1. The normalized spacial score (nSPS) is 20.3. The molecule has 1 aromatic carbocycles. The van der Waals surface area contributed by atoms with Gasteiger partial charge in [-0.25, -0.2) is 0 Å². The van der Waals surface area contributed by atoms with Crippen LogP contribution in [0.5, 0.6) is 0 Å². The Morgan fingerprint density at radius 2 is 2.44 bits per heavy atom. The zero-order valence-corrected chi connectivity index (χ0v) is 9.78. The minimum absolute atomic E-state index is 0.0950. The van der Waals surface area contributed by atoms with Gasteiger partial charge in [0, 0.05) is 31.8 Å². The Kier molecular flexibility index (Phi) is 3.87. The molecule has 1 heterocycles. The maximum Gasteiger partial charge on any atom is 0.269 e. The molecular formula is C12H13N3O3. The molecule has 1 aliphatic rings. The third-order valence-electron chi connectivity index (χ3n) is 2.82. The van der Waals surface area contributed by atoms with Gasteiger partial charge in [-0.05, 0) is 5.56 Å². The molecule has 0 aromatic heterocycles. The first kappa shape index (κ1) is 12.5. The average molecular weight is 247 g/mol. The van der Waals surface area contributed by atoms with Crippen molar-refractivity contribution in [3.63, 3.8) is 0 Å². The SMILES string of the molecule is N#CC1CN(Cc2cccc([N+](=O)[O-])c2)CCO1. The van der Waals surface area contributed by atoms with Crippen LogP contribution in [0.4, 0.5) is 5.69 Å². The van der Waals surface area contributed by atoms with E-state index < -0.39 is 11.0 Å². The van der Waals surface area contributed by atoms with E-state index in [4.69, 9.17) is 10.00 Å². The Hall–Kier alpha value is -1.97. The van der Waals surface area contributed by atoms with E-state index in [0.29, 0.717) is 19.7 Å². The lowest BCUT2D eigenvalue weighted by atomic mass is 10.1. The predicted octanol–water partition coefficient (Wildman–Crippen LogP) is 1.32. The molecule has 94 valence electrons. The van der Waals surface area contributed by atoms with E-state index in [0.717, 1.165) is 12.1 Å². The minimum Gasteiger partial charge on any atom is -0.361 e. The summed E-state index contributed by atoms with van der Waals surface area (Å²) in [6, 6.07) is 8.64. The summed E-state index contributed by atoms with van der Waals surface area (Å²) in [4.78, 5) is 12.3. The van der Waals surface area contributed by atoms with Gasteiger partial charge in [0.05, 0.1) is 17.6 Å². The summed E-state index contributed by atoms with van der Waals surface area (Å²) in [5.74, 6) is 0. The Bertz CT molecular complexity index is 484. The Balaban J connectivity index is 2.03. The van der Waals surface area contributed by atoms with Crippen molar-refractivity contribution in [1.82, 2.24) is 4.90 Å². The number of benzene rings is 1. The monoisotopic (exact) mass is 247 g/mol. The number of nitro groups is 1. The van der Waals surface area contributed by atoms with Crippen molar-refractivity contribution >= 4 is 5.69 Å². The van der Waals surface area contributed by atoms with Crippen molar-refractivity contribution in [3.8, 4) is 6.07 Å². The number of nitrogens with zero attached hydrogens (tertiary/aromatic N) is 3.